The second kappa shape index (κ2) is 8.61. The average Bonchev–Trinajstić information content (AvgIpc) is 3.48. The fourth-order valence-electron chi connectivity index (χ4n) is 4.03. The minimum absolute atomic E-state index is 0.0322. The first-order valence-electron chi connectivity index (χ1n) is 12.1. The molecular formula is C22H24N8O3S. The van der Waals surface area contributed by atoms with E-state index in [4.69, 9.17) is 4.11 Å². The fraction of sp³-hybridized carbons (Fsp3) is 0.318. The molecule has 0 aromatic carbocycles. The molecule has 1 aliphatic rings. The highest BCUT2D eigenvalue weighted by molar-refractivity contribution is 7.88. The number of pyridine rings is 1. The van der Waals surface area contributed by atoms with E-state index in [0.717, 1.165) is 0 Å². The van der Waals surface area contributed by atoms with Crippen molar-refractivity contribution in [2.24, 2.45) is 0 Å². The van der Waals surface area contributed by atoms with Crippen molar-refractivity contribution < 1.29 is 17.3 Å². The van der Waals surface area contributed by atoms with Gasteiger partial charge in [0.2, 0.25) is 10.0 Å². The number of fused-ring (bicyclic) bond motifs is 1. The van der Waals surface area contributed by atoms with Crippen molar-refractivity contribution in [3.05, 3.63) is 65.9 Å². The quantitative estimate of drug-likeness (QED) is 0.460. The van der Waals surface area contributed by atoms with Gasteiger partial charge in [-0.2, -0.15) is 14.9 Å². The van der Waals surface area contributed by atoms with Gasteiger partial charge >= 0.3 is 0 Å². The van der Waals surface area contributed by atoms with Crippen LogP contribution < -0.4 is 5.32 Å². The summed E-state index contributed by atoms with van der Waals surface area (Å²) in [7, 11) is -3.27. The molecule has 0 radical (unpaired) electrons. The molecule has 4 aromatic heterocycles. The van der Waals surface area contributed by atoms with Gasteiger partial charge in [0.15, 0.2) is 11.5 Å². The number of hydrogen-bond donors (Lipinski definition) is 1. The molecule has 34 heavy (non-hydrogen) atoms. The number of nitrogens with zero attached hydrogens (tertiary/aromatic N) is 7. The lowest BCUT2D eigenvalue weighted by Gasteiger charge is -2.29. The maximum absolute atomic E-state index is 13.2. The first-order chi connectivity index (χ1) is 17.5. The largest absolute Gasteiger partial charge is 0.306 e. The van der Waals surface area contributed by atoms with Gasteiger partial charge in [-0.15, -0.1) is 0 Å². The smallest absolute Gasteiger partial charge is 0.262 e. The van der Waals surface area contributed by atoms with Crippen molar-refractivity contribution in [3.63, 3.8) is 0 Å². The highest BCUT2D eigenvalue weighted by Gasteiger charge is 2.28. The van der Waals surface area contributed by atoms with Crippen molar-refractivity contribution in [3.8, 4) is 5.82 Å². The third-order valence-corrected chi connectivity index (χ3v) is 7.10. The number of nitrogens with one attached hydrogen (secondary N) is 1. The monoisotopic (exact) mass is 483 g/mol. The number of anilines is 1. The summed E-state index contributed by atoms with van der Waals surface area (Å²) >= 11 is 0. The SMILES string of the molecule is [2H]C([2H])([2H])c1ccc(-n2nc(C3CCN(S(C)(=O)=O)CC3)cc2NC(=O)c2cnn3cccnc23)nc1. The summed E-state index contributed by atoms with van der Waals surface area (Å²) in [5.41, 5.74) is 1.41. The summed E-state index contributed by atoms with van der Waals surface area (Å²) in [4.78, 5) is 21.7. The summed E-state index contributed by atoms with van der Waals surface area (Å²) in [6, 6.07) is 6.41. The van der Waals surface area contributed by atoms with Crippen LogP contribution >= 0.6 is 0 Å². The third kappa shape index (κ3) is 4.29. The highest BCUT2D eigenvalue weighted by atomic mass is 32.2. The molecule has 0 saturated carbocycles. The zero-order chi connectivity index (χ0) is 26.4. The van der Waals surface area contributed by atoms with Gasteiger partial charge in [0.1, 0.15) is 11.4 Å². The van der Waals surface area contributed by atoms with Crippen LogP contribution in [0.4, 0.5) is 5.82 Å². The van der Waals surface area contributed by atoms with Crippen molar-refractivity contribution in [1.29, 1.82) is 0 Å². The van der Waals surface area contributed by atoms with E-state index in [1.54, 1.807) is 24.5 Å². The van der Waals surface area contributed by atoms with Crippen LogP contribution in [0.1, 0.15) is 44.5 Å². The Balaban J connectivity index is 1.48. The van der Waals surface area contributed by atoms with Gasteiger partial charge < -0.3 is 5.32 Å². The lowest BCUT2D eigenvalue weighted by Crippen LogP contribution is -2.37. The molecule has 4 aromatic rings. The van der Waals surface area contributed by atoms with Crippen molar-refractivity contribution in [2.75, 3.05) is 24.7 Å². The molecule has 11 nitrogen and oxygen atoms in total. The number of rotatable bonds is 5. The first-order valence-corrected chi connectivity index (χ1v) is 12.5. The molecule has 1 amide bonds. The zero-order valence-electron chi connectivity index (χ0n) is 21.3. The maximum Gasteiger partial charge on any atom is 0.262 e. The van der Waals surface area contributed by atoms with E-state index in [0.29, 0.717) is 48.9 Å². The molecule has 0 aliphatic carbocycles. The normalized spacial score (nSPS) is 17.3. The van der Waals surface area contributed by atoms with Crippen LogP contribution in [0.3, 0.4) is 0 Å². The molecule has 176 valence electrons. The number of aryl methyl sites for hydroxylation is 1. The van der Waals surface area contributed by atoms with E-state index in [9.17, 15) is 13.2 Å². The van der Waals surface area contributed by atoms with Gasteiger partial charge in [-0.25, -0.2) is 27.2 Å². The summed E-state index contributed by atoms with van der Waals surface area (Å²) in [5.74, 6) is 0.165. The number of carbonyl (C=O) groups is 1. The van der Waals surface area contributed by atoms with Gasteiger partial charge in [0.25, 0.3) is 5.91 Å². The van der Waals surface area contributed by atoms with Crippen molar-refractivity contribution in [2.45, 2.75) is 25.6 Å². The number of sulfonamides is 1. The lowest BCUT2D eigenvalue weighted by atomic mass is 9.95. The molecule has 0 spiro atoms. The lowest BCUT2D eigenvalue weighted by molar-refractivity contribution is 0.102. The number of amides is 1. The molecule has 0 unspecified atom stereocenters. The second-order valence-corrected chi connectivity index (χ2v) is 10.1. The molecule has 0 bridgehead atoms. The Morgan fingerprint density at radius 3 is 2.74 bits per heavy atom. The van der Waals surface area contributed by atoms with Crippen LogP contribution in [0, 0.1) is 6.85 Å². The van der Waals surface area contributed by atoms with Gasteiger partial charge in [0, 0.05) is 47.8 Å². The van der Waals surface area contributed by atoms with E-state index in [1.807, 2.05) is 0 Å². The van der Waals surface area contributed by atoms with Gasteiger partial charge in [-0.3, -0.25) is 4.79 Å². The Morgan fingerprint density at radius 1 is 1.21 bits per heavy atom. The van der Waals surface area contributed by atoms with Crippen LogP contribution in [0.15, 0.2) is 49.1 Å². The summed E-state index contributed by atoms with van der Waals surface area (Å²) in [5, 5.41) is 11.7. The summed E-state index contributed by atoms with van der Waals surface area (Å²) < 4.78 is 50.9. The number of aromatic nitrogens is 6. The summed E-state index contributed by atoms with van der Waals surface area (Å²) in [6.45, 7) is -1.56. The van der Waals surface area contributed by atoms with Crippen LogP contribution in [0.2, 0.25) is 0 Å². The predicted molar refractivity (Wildman–Crippen MR) is 125 cm³/mol. The Bertz CT molecular complexity index is 1560. The molecule has 1 fully saturated rings. The highest BCUT2D eigenvalue weighted by Crippen LogP contribution is 2.31. The Kier molecular flexibility index (Phi) is 4.75. The van der Waals surface area contributed by atoms with E-state index < -0.39 is 22.8 Å². The second-order valence-electron chi connectivity index (χ2n) is 8.11. The van der Waals surface area contributed by atoms with E-state index in [1.165, 1.54) is 44.3 Å². The summed E-state index contributed by atoms with van der Waals surface area (Å²) in [6.07, 6.45) is 8.26. The third-order valence-electron chi connectivity index (χ3n) is 5.80. The van der Waals surface area contributed by atoms with Crippen molar-refractivity contribution in [1.82, 2.24) is 33.7 Å². The molecule has 1 N–H and O–H groups in total. The van der Waals surface area contributed by atoms with E-state index in [2.05, 4.69) is 25.5 Å². The van der Waals surface area contributed by atoms with Gasteiger partial charge in [-0.1, -0.05) is 6.07 Å². The topological polar surface area (TPSA) is 127 Å². The molecule has 1 saturated heterocycles. The Morgan fingerprint density at radius 2 is 2.03 bits per heavy atom. The standard InChI is InChI=1S/C22H24N8O3S/c1-15-4-5-19(24-13-15)30-20(26-22(31)17-14-25-29-9-3-8-23-21(17)29)12-18(27-30)16-6-10-28(11-7-16)34(2,32)33/h3-5,8-9,12-14,16H,6-7,10-11H2,1-2H3,(H,26,31)/i1D3. The zero-order valence-corrected chi connectivity index (χ0v) is 19.1. The van der Waals surface area contributed by atoms with Gasteiger partial charge in [0.05, 0.1) is 18.1 Å². The molecule has 5 rings (SSSR count). The average molecular weight is 484 g/mol. The number of hydrogen-bond acceptors (Lipinski definition) is 7. The molecular weight excluding hydrogens is 456 g/mol. The van der Waals surface area contributed by atoms with Crippen molar-refractivity contribution >= 4 is 27.4 Å². The minimum atomic E-state index is -3.27. The molecule has 1 aliphatic heterocycles. The van der Waals surface area contributed by atoms with Crippen LogP contribution in [-0.4, -0.2) is 67.3 Å². The molecule has 0 atom stereocenters. The molecule has 12 heteroatoms. The predicted octanol–water partition coefficient (Wildman–Crippen LogP) is 2.01. The van der Waals surface area contributed by atoms with Crippen LogP contribution in [0.5, 0.6) is 0 Å². The van der Waals surface area contributed by atoms with E-state index >= 15 is 0 Å². The first kappa shape index (κ1) is 18.7. The Hall–Kier alpha value is -3.64. The number of piperidine rings is 1. The Labute approximate surface area is 200 Å². The van der Waals surface area contributed by atoms with E-state index in [-0.39, 0.29) is 17.0 Å². The van der Waals surface area contributed by atoms with Gasteiger partial charge in [-0.05, 0) is 37.4 Å². The van der Waals surface area contributed by atoms with Crippen LogP contribution in [0.25, 0.3) is 11.5 Å². The minimum Gasteiger partial charge on any atom is -0.306 e. The number of carbonyl (C=O) groups excluding carboxylic acids is 1. The maximum atomic E-state index is 13.2. The fourth-order valence-corrected chi connectivity index (χ4v) is 4.90. The van der Waals surface area contributed by atoms with Crippen LogP contribution in [-0.2, 0) is 10.0 Å². The molecule has 5 heterocycles.